The highest BCUT2D eigenvalue weighted by Gasteiger charge is 2.33. The van der Waals surface area contributed by atoms with E-state index in [-0.39, 0.29) is 5.92 Å². The van der Waals surface area contributed by atoms with Crippen molar-refractivity contribution < 1.29 is 9.90 Å². The highest BCUT2D eigenvalue weighted by molar-refractivity contribution is 5.90. The van der Waals surface area contributed by atoms with Gasteiger partial charge in [-0.25, -0.2) is 9.97 Å². The number of aliphatic carboxylic acids is 1. The first-order chi connectivity index (χ1) is 8.25. The van der Waals surface area contributed by atoms with E-state index in [1.165, 1.54) is 6.33 Å². The van der Waals surface area contributed by atoms with Gasteiger partial charge in [0.1, 0.15) is 12.1 Å². The fourth-order valence-electron chi connectivity index (χ4n) is 2.05. The van der Waals surface area contributed by atoms with Crippen LogP contribution in [0.15, 0.2) is 30.6 Å². The minimum absolute atomic E-state index is 0.274. The Kier molecular flexibility index (Phi) is 2.18. The molecule has 1 fully saturated rings. The minimum atomic E-state index is -0.736. The van der Waals surface area contributed by atoms with Crippen molar-refractivity contribution in [3.05, 3.63) is 30.6 Å². The summed E-state index contributed by atoms with van der Waals surface area (Å²) in [5.74, 6) is -0.184. The summed E-state index contributed by atoms with van der Waals surface area (Å²) < 4.78 is 0. The Balaban J connectivity index is 1.94. The molecule has 1 aromatic heterocycles. The van der Waals surface area contributed by atoms with Crippen molar-refractivity contribution in [3.8, 4) is 0 Å². The van der Waals surface area contributed by atoms with Crippen LogP contribution in [0.25, 0.3) is 10.9 Å². The lowest BCUT2D eigenvalue weighted by atomic mass is 10.00. The molecule has 0 spiro atoms. The zero-order valence-electron chi connectivity index (χ0n) is 9.08. The molecule has 2 aromatic rings. The lowest BCUT2D eigenvalue weighted by Crippen LogP contribution is -2.50. The van der Waals surface area contributed by atoms with Gasteiger partial charge in [-0.3, -0.25) is 4.79 Å². The molecule has 5 nitrogen and oxygen atoms in total. The summed E-state index contributed by atoms with van der Waals surface area (Å²) in [5.41, 5.74) is 0.885. The fraction of sp³-hybridized carbons (Fsp3) is 0.250. The monoisotopic (exact) mass is 229 g/mol. The van der Waals surface area contributed by atoms with Gasteiger partial charge in [0.2, 0.25) is 0 Å². The quantitative estimate of drug-likeness (QED) is 0.836. The fourth-order valence-corrected chi connectivity index (χ4v) is 2.05. The molecule has 3 rings (SSSR count). The van der Waals surface area contributed by atoms with Gasteiger partial charge in [-0.15, -0.1) is 0 Å². The van der Waals surface area contributed by atoms with Crippen molar-refractivity contribution in [1.82, 2.24) is 9.97 Å². The van der Waals surface area contributed by atoms with Gasteiger partial charge in [0.05, 0.1) is 11.4 Å². The topological polar surface area (TPSA) is 66.3 Å². The average molecular weight is 229 g/mol. The van der Waals surface area contributed by atoms with Crippen molar-refractivity contribution in [2.24, 2.45) is 5.92 Å². The number of benzene rings is 1. The predicted octanol–water partition coefficient (Wildman–Crippen LogP) is 1.15. The van der Waals surface area contributed by atoms with E-state index in [1.807, 2.05) is 29.2 Å². The van der Waals surface area contributed by atoms with Gasteiger partial charge in [0, 0.05) is 18.5 Å². The van der Waals surface area contributed by atoms with E-state index >= 15 is 0 Å². The second kappa shape index (κ2) is 3.69. The number of carboxylic acid groups (broad SMARTS) is 1. The Morgan fingerprint density at radius 3 is 2.82 bits per heavy atom. The molecule has 1 N–H and O–H groups in total. The molecule has 0 unspecified atom stereocenters. The number of hydrogen-bond acceptors (Lipinski definition) is 4. The van der Waals surface area contributed by atoms with Crippen LogP contribution in [0.2, 0.25) is 0 Å². The average Bonchev–Trinajstić information content (AvgIpc) is 2.27. The molecule has 1 saturated heterocycles. The van der Waals surface area contributed by atoms with Crippen LogP contribution in [0.4, 0.5) is 5.82 Å². The summed E-state index contributed by atoms with van der Waals surface area (Å²) in [6, 6.07) is 7.74. The van der Waals surface area contributed by atoms with E-state index in [9.17, 15) is 4.79 Å². The second-order valence-electron chi connectivity index (χ2n) is 4.15. The number of fused-ring (bicyclic) bond motifs is 1. The molecule has 2 heterocycles. The van der Waals surface area contributed by atoms with Gasteiger partial charge < -0.3 is 10.0 Å². The first-order valence-corrected chi connectivity index (χ1v) is 5.43. The summed E-state index contributed by atoms with van der Waals surface area (Å²) in [6.07, 6.45) is 1.52. The van der Waals surface area contributed by atoms with Gasteiger partial charge in [-0.05, 0) is 12.1 Å². The van der Waals surface area contributed by atoms with Crippen LogP contribution in [-0.2, 0) is 4.79 Å². The number of carboxylic acids is 1. The molecule has 5 heteroatoms. The number of anilines is 1. The van der Waals surface area contributed by atoms with Gasteiger partial charge in [0.15, 0.2) is 0 Å². The lowest BCUT2D eigenvalue weighted by Gasteiger charge is -2.37. The van der Waals surface area contributed by atoms with Crippen molar-refractivity contribution >= 4 is 22.7 Å². The van der Waals surface area contributed by atoms with Crippen LogP contribution >= 0.6 is 0 Å². The van der Waals surface area contributed by atoms with E-state index in [2.05, 4.69) is 9.97 Å². The van der Waals surface area contributed by atoms with Crippen LogP contribution in [0.1, 0.15) is 0 Å². The molecule has 0 radical (unpaired) electrons. The summed E-state index contributed by atoms with van der Waals surface area (Å²) in [6.45, 7) is 1.05. The molecular weight excluding hydrogens is 218 g/mol. The summed E-state index contributed by atoms with van der Waals surface area (Å²) >= 11 is 0. The van der Waals surface area contributed by atoms with E-state index in [0.29, 0.717) is 13.1 Å². The highest BCUT2D eigenvalue weighted by Crippen LogP contribution is 2.28. The SMILES string of the molecule is O=C(O)C1CN(c2ncnc3ccccc23)C1. The van der Waals surface area contributed by atoms with Gasteiger partial charge in [-0.1, -0.05) is 12.1 Å². The van der Waals surface area contributed by atoms with E-state index in [0.717, 1.165) is 16.7 Å². The molecule has 1 aliphatic heterocycles. The molecule has 0 aliphatic carbocycles. The maximum atomic E-state index is 10.8. The third kappa shape index (κ3) is 1.60. The molecule has 1 aliphatic rings. The van der Waals surface area contributed by atoms with Crippen LogP contribution in [0, 0.1) is 5.92 Å². The van der Waals surface area contributed by atoms with E-state index < -0.39 is 5.97 Å². The standard InChI is InChI=1S/C12H11N3O2/c16-12(17)8-5-15(6-8)11-9-3-1-2-4-10(9)13-7-14-11/h1-4,7-8H,5-6H2,(H,16,17). The first kappa shape index (κ1) is 10.0. The summed E-state index contributed by atoms with van der Waals surface area (Å²) in [5, 5.41) is 9.82. The number of rotatable bonds is 2. The van der Waals surface area contributed by atoms with Crippen LogP contribution in [-0.4, -0.2) is 34.1 Å². The third-order valence-electron chi connectivity index (χ3n) is 3.05. The normalized spacial score (nSPS) is 15.9. The molecule has 0 saturated carbocycles. The third-order valence-corrected chi connectivity index (χ3v) is 3.05. The van der Waals surface area contributed by atoms with E-state index in [4.69, 9.17) is 5.11 Å². The van der Waals surface area contributed by atoms with Crippen LogP contribution < -0.4 is 4.90 Å². The van der Waals surface area contributed by atoms with Crippen LogP contribution in [0.5, 0.6) is 0 Å². The Hall–Kier alpha value is -2.17. The number of carbonyl (C=O) groups is 1. The molecular formula is C12H11N3O2. The molecule has 0 atom stereocenters. The van der Waals surface area contributed by atoms with Crippen molar-refractivity contribution in [2.75, 3.05) is 18.0 Å². The van der Waals surface area contributed by atoms with Crippen molar-refractivity contribution in [3.63, 3.8) is 0 Å². The largest absolute Gasteiger partial charge is 0.481 e. The van der Waals surface area contributed by atoms with Crippen molar-refractivity contribution in [2.45, 2.75) is 0 Å². The van der Waals surface area contributed by atoms with Gasteiger partial charge >= 0.3 is 5.97 Å². The zero-order valence-corrected chi connectivity index (χ0v) is 9.08. The molecule has 0 bridgehead atoms. The van der Waals surface area contributed by atoms with Gasteiger partial charge in [0.25, 0.3) is 0 Å². The Bertz CT molecular complexity index is 573. The van der Waals surface area contributed by atoms with E-state index in [1.54, 1.807) is 0 Å². The zero-order chi connectivity index (χ0) is 11.8. The molecule has 17 heavy (non-hydrogen) atoms. The highest BCUT2D eigenvalue weighted by atomic mass is 16.4. The molecule has 86 valence electrons. The number of nitrogens with zero attached hydrogens (tertiary/aromatic N) is 3. The Morgan fingerprint density at radius 1 is 1.29 bits per heavy atom. The number of hydrogen-bond donors (Lipinski definition) is 1. The minimum Gasteiger partial charge on any atom is -0.481 e. The maximum absolute atomic E-state index is 10.8. The van der Waals surface area contributed by atoms with Crippen molar-refractivity contribution in [1.29, 1.82) is 0 Å². The maximum Gasteiger partial charge on any atom is 0.310 e. The summed E-state index contributed by atoms with van der Waals surface area (Å²) in [7, 11) is 0. The summed E-state index contributed by atoms with van der Waals surface area (Å²) in [4.78, 5) is 21.2. The number of aromatic nitrogens is 2. The Morgan fingerprint density at radius 2 is 2.06 bits per heavy atom. The second-order valence-corrected chi connectivity index (χ2v) is 4.15. The lowest BCUT2D eigenvalue weighted by molar-refractivity contribution is -0.142. The van der Waals surface area contributed by atoms with Gasteiger partial charge in [-0.2, -0.15) is 0 Å². The molecule has 1 aromatic carbocycles. The van der Waals surface area contributed by atoms with Crippen LogP contribution in [0.3, 0.4) is 0 Å². The Labute approximate surface area is 97.7 Å². The predicted molar refractivity (Wildman–Crippen MR) is 62.9 cm³/mol. The smallest absolute Gasteiger partial charge is 0.310 e. The first-order valence-electron chi connectivity index (χ1n) is 5.43. The molecule has 0 amide bonds. The number of para-hydroxylation sites is 1.